The Morgan fingerprint density at radius 1 is 0.931 bits per heavy atom. The van der Waals surface area contributed by atoms with Gasteiger partial charge in [-0.25, -0.2) is 0 Å². The number of aromatic hydroxyl groups is 1. The number of carbonyl (C=O) groups excluding carboxylic acids is 1. The first-order valence-corrected chi connectivity index (χ1v) is 8.73. The van der Waals surface area contributed by atoms with Crippen LogP contribution < -0.4 is 24.3 Å². The van der Waals surface area contributed by atoms with Gasteiger partial charge in [-0.05, 0) is 44.5 Å². The zero-order chi connectivity index (χ0) is 20.9. The van der Waals surface area contributed by atoms with E-state index in [4.69, 9.17) is 18.9 Å². The smallest absolute Gasteiger partial charge is 0.251 e. The molecule has 0 atom stereocenters. The van der Waals surface area contributed by atoms with E-state index in [9.17, 15) is 9.90 Å². The molecule has 2 aromatic rings. The highest BCUT2D eigenvalue weighted by Crippen LogP contribution is 2.40. The molecule has 1 amide bonds. The van der Waals surface area contributed by atoms with Crippen molar-refractivity contribution in [3.63, 3.8) is 0 Å². The molecule has 160 valence electrons. The van der Waals surface area contributed by atoms with E-state index in [1.54, 1.807) is 37.4 Å². The second-order valence-corrected chi connectivity index (χ2v) is 6.89. The van der Waals surface area contributed by atoms with Crippen LogP contribution >= 0.6 is 0 Å². The van der Waals surface area contributed by atoms with Crippen molar-refractivity contribution in [1.29, 1.82) is 0 Å². The number of rotatable bonds is 8. The minimum atomic E-state index is -0.598. The molecule has 8 nitrogen and oxygen atoms in total. The molecule has 29 heavy (non-hydrogen) atoms. The molecule has 0 spiro atoms. The first-order valence-electron chi connectivity index (χ1n) is 8.73. The summed E-state index contributed by atoms with van der Waals surface area (Å²) >= 11 is 0. The molecule has 0 aliphatic carbocycles. The number of hydrogen-bond donors (Lipinski definition) is 2. The van der Waals surface area contributed by atoms with Crippen molar-refractivity contribution in [2.24, 2.45) is 0 Å². The standard InChI is InChI=1S/C21H27NO6.H2O/c1-21(2,12-14-7-9-15(23)19(28-6)18(14)27-5)22-20(24)13-8-10-16(25-3)17(11-13)26-4;/h7-11,23H,12H2,1-6H3,(H,22,24);1H2. The molecule has 0 aliphatic rings. The highest BCUT2D eigenvalue weighted by Gasteiger charge is 2.26. The van der Waals surface area contributed by atoms with E-state index in [1.165, 1.54) is 21.3 Å². The monoisotopic (exact) mass is 407 g/mol. The van der Waals surface area contributed by atoms with E-state index in [0.29, 0.717) is 29.2 Å². The summed E-state index contributed by atoms with van der Waals surface area (Å²) in [7, 11) is 6.04. The van der Waals surface area contributed by atoms with E-state index in [2.05, 4.69) is 5.32 Å². The summed E-state index contributed by atoms with van der Waals surface area (Å²) in [6.45, 7) is 3.81. The third-order valence-electron chi connectivity index (χ3n) is 4.31. The number of nitrogens with one attached hydrogen (secondary N) is 1. The summed E-state index contributed by atoms with van der Waals surface area (Å²) in [5.74, 6) is 1.50. The Morgan fingerprint density at radius 2 is 1.55 bits per heavy atom. The summed E-state index contributed by atoms with van der Waals surface area (Å²) in [6.07, 6.45) is 0.464. The fraction of sp³-hybridized carbons (Fsp3) is 0.381. The quantitative estimate of drug-likeness (QED) is 0.694. The average Bonchev–Trinajstić information content (AvgIpc) is 2.67. The maximum absolute atomic E-state index is 12.7. The van der Waals surface area contributed by atoms with E-state index in [-0.39, 0.29) is 22.9 Å². The molecule has 0 bridgehead atoms. The second-order valence-electron chi connectivity index (χ2n) is 6.89. The van der Waals surface area contributed by atoms with Gasteiger partial charge in [-0.15, -0.1) is 0 Å². The molecular formula is C21H29NO7. The second kappa shape index (κ2) is 9.88. The van der Waals surface area contributed by atoms with Crippen LogP contribution in [0.15, 0.2) is 30.3 Å². The molecule has 0 heterocycles. The van der Waals surface area contributed by atoms with Crippen LogP contribution in [0.25, 0.3) is 0 Å². The molecule has 0 saturated carbocycles. The lowest BCUT2D eigenvalue weighted by molar-refractivity contribution is 0.0912. The Kier molecular flexibility index (Phi) is 8.15. The van der Waals surface area contributed by atoms with Gasteiger partial charge in [0, 0.05) is 16.7 Å². The van der Waals surface area contributed by atoms with Gasteiger partial charge in [0.25, 0.3) is 5.91 Å². The van der Waals surface area contributed by atoms with Crippen LogP contribution in [0.2, 0.25) is 0 Å². The SMILES string of the molecule is COc1ccc(C(=O)NC(C)(C)Cc2ccc(O)c(OC)c2OC)cc1OC.O. The number of ether oxygens (including phenoxy) is 4. The number of amides is 1. The molecule has 0 radical (unpaired) electrons. The number of phenols is 1. The lowest BCUT2D eigenvalue weighted by Gasteiger charge is -2.28. The van der Waals surface area contributed by atoms with Gasteiger partial charge in [-0.3, -0.25) is 4.79 Å². The van der Waals surface area contributed by atoms with Crippen molar-refractivity contribution in [1.82, 2.24) is 5.32 Å². The maximum Gasteiger partial charge on any atom is 0.251 e. The molecule has 2 rings (SSSR count). The predicted octanol–water partition coefficient (Wildman–Crippen LogP) is 2.35. The van der Waals surface area contributed by atoms with Crippen LogP contribution in [-0.4, -0.2) is 50.5 Å². The van der Waals surface area contributed by atoms with Crippen LogP contribution in [0.5, 0.6) is 28.7 Å². The van der Waals surface area contributed by atoms with E-state index in [1.807, 2.05) is 13.8 Å². The summed E-state index contributed by atoms with van der Waals surface area (Å²) < 4.78 is 21.1. The minimum Gasteiger partial charge on any atom is -0.504 e. The molecule has 8 heteroatoms. The van der Waals surface area contributed by atoms with Gasteiger partial charge in [0.05, 0.1) is 28.4 Å². The third kappa shape index (κ3) is 5.45. The van der Waals surface area contributed by atoms with Crippen molar-refractivity contribution < 1.29 is 34.3 Å². The highest BCUT2D eigenvalue weighted by molar-refractivity contribution is 5.95. The number of benzene rings is 2. The van der Waals surface area contributed by atoms with Crippen LogP contribution in [0.1, 0.15) is 29.8 Å². The molecule has 4 N–H and O–H groups in total. The molecule has 0 aliphatic heterocycles. The molecule has 0 fully saturated rings. The number of hydrogen-bond acceptors (Lipinski definition) is 6. The largest absolute Gasteiger partial charge is 0.504 e. The van der Waals surface area contributed by atoms with Crippen molar-refractivity contribution in [3.05, 3.63) is 41.5 Å². The lowest BCUT2D eigenvalue weighted by atomic mass is 9.93. The van der Waals surface area contributed by atoms with Crippen LogP contribution in [0.4, 0.5) is 0 Å². The summed E-state index contributed by atoms with van der Waals surface area (Å²) in [4.78, 5) is 12.7. The van der Waals surface area contributed by atoms with Gasteiger partial charge in [-0.2, -0.15) is 0 Å². The maximum atomic E-state index is 12.7. The van der Waals surface area contributed by atoms with Gasteiger partial charge >= 0.3 is 0 Å². The normalized spacial score (nSPS) is 10.6. The zero-order valence-corrected chi connectivity index (χ0v) is 17.6. The van der Waals surface area contributed by atoms with E-state index < -0.39 is 5.54 Å². The molecule has 0 aromatic heterocycles. The lowest BCUT2D eigenvalue weighted by Crippen LogP contribution is -2.45. The Hall–Kier alpha value is -3.13. The number of phenolic OH excluding ortho intramolecular Hbond substituents is 1. The molecule has 0 unspecified atom stereocenters. The van der Waals surface area contributed by atoms with Crippen molar-refractivity contribution >= 4 is 5.91 Å². The Labute approximate surface area is 170 Å². The molecular weight excluding hydrogens is 378 g/mol. The predicted molar refractivity (Wildman–Crippen MR) is 110 cm³/mol. The molecule has 2 aromatic carbocycles. The summed E-state index contributed by atoms with van der Waals surface area (Å²) in [6, 6.07) is 8.30. The number of carbonyl (C=O) groups is 1. The van der Waals surface area contributed by atoms with Crippen molar-refractivity contribution in [3.8, 4) is 28.7 Å². The van der Waals surface area contributed by atoms with Gasteiger partial charge < -0.3 is 34.8 Å². The topological polar surface area (TPSA) is 118 Å². The Balaban J connectivity index is 0.00000420. The highest BCUT2D eigenvalue weighted by atomic mass is 16.5. The minimum absolute atomic E-state index is 0. The third-order valence-corrected chi connectivity index (χ3v) is 4.31. The summed E-state index contributed by atoms with van der Waals surface area (Å²) in [5.41, 5.74) is 0.662. The van der Waals surface area contributed by atoms with Crippen LogP contribution in [0, 0.1) is 0 Å². The average molecular weight is 407 g/mol. The van der Waals surface area contributed by atoms with E-state index in [0.717, 1.165) is 5.56 Å². The van der Waals surface area contributed by atoms with E-state index >= 15 is 0 Å². The van der Waals surface area contributed by atoms with Crippen molar-refractivity contribution in [2.75, 3.05) is 28.4 Å². The zero-order valence-electron chi connectivity index (χ0n) is 17.6. The first kappa shape index (κ1) is 23.9. The fourth-order valence-electron chi connectivity index (χ4n) is 3.03. The number of methoxy groups -OCH3 is 4. The first-order chi connectivity index (χ1) is 13.3. The van der Waals surface area contributed by atoms with Gasteiger partial charge in [0.1, 0.15) is 0 Å². The van der Waals surface area contributed by atoms with Crippen LogP contribution in [-0.2, 0) is 6.42 Å². The fourth-order valence-corrected chi connectivity index (χ4v) is 3.03. The van der Waals surface area contributed by atoms with Gasteiger partial charge in [0.15, 0.2) is 23.0 Å². The van der Waals surface area contributed by atoms with Gasteiger partial charge in [-0.1, -0.05) is 6.07 Å². The molecule has 0 saturated heterocycles. The van der Waals surface area contributed by atoms with Crippen LogP contribution in [0.3, 0.4) is 0 Å². The summed E-state index contributed by atoms with van der Waals surface area (Å²) in [5, 5.41) is 13.0. The Morgan fingerprint density at radius 3 is 2.10 bits per heavy atom. The Bertz CT molecular complexity index is 849. The van der Waals surface area contributed by atoms with Gasteiger partial charge in [0.2, 0.25) is 5.75 Å². The van der Waals surface area contributed by atoms with Crippen molar-refractivity contribution in [2.45, 2.75) is 25.8 Å².